The van der Waals surface area contributed by atoms with Gasteiger partial charge < -0.3 is 14.4 Å². The molecule has 2 amide bonds. The Kier molecular flexibility index (Phi) is 13.0. The topological polar surface area (TPSA) is 145 Å². The van der Waals surface area contributed by atoms with Gasteiger partial charge in [0.2, 0.25) is 21.8 Å². The summed E-state index contributed by atoms with van der Waals surface area (Å²) in [5.74, 6) is -1.53. The molecule has 2 aromatic carbocycles. The van der Waals surface area contributed by atoms with Crippen LogP contribution < -0.4 is 14.2 Å². The Morgan fingerprint density at radius 1 is 1.08 bits per heavy atom. The number of ether oxygens (including phenoxy) is 2. The fourth-order valence-electron chi connectivity index (χ4n) is 9.29. The quantitative estimate of drug-likeness (QED) is 0.154. The Bertz CT molecular complexity index is 2670. The number of alkyl halides is 3. The number of hydrogen-bond donors (Lipinski definition) is 1. The first-order chi connectivity index (χ1) is 30.7. The zero-order valence-corrected chi connectivity index (χ0v) is 39.5. The first kappa shape index (κ1) is 47.0. The normalized spacial score (nSPS) is 25.4. The van der Waals surface area contributed by atoms with Gasteiger partial charge in [-0.15, -0.1) is 11.3 Å². The van der Waals surface area contributed by atoms with Crippen molar-refractivity contribution in [3.8, 4) is 22.2 Å². The van der Waals surface area contributed by atoms with E-state index in [4.69, 9.17) is 31.0 Å². The molecule has 2 aromatic heterocycles. The molecule has 2 aliphatic carbocycles. The van der Waals surface area contributed by atoms with E-state index in [1.54, 1.807) is 20.1 Å². The minimum Gasteiger partial charge on any atom is -0.496 e. The van der Waals surface area contributed by atoms with E-state index in [0.29, 0.717) is 65.2 Å². The molecule has 0 radical (unpaired) electrons. The molecule has 8 rings (SSSR count). The molecule has 2 aliphatic heterocycles. The lowest BCUT2D eigenvalue weighted by atomic mass is 9.89. The number of sulfonamides is 1. The van der Waals surface area contributed by atoms with Gasteiger partial charge in [0.05, 0.1) is 46.6 Å². The highest BCUT2D eigenvalue weighted by atomic mass is 35.5. The van der Waals surface area contributed by atoms with Crippen LogP contribution in [-0.4, -0.2) is 71.4 Å². The number of ketones is 1. The summed E-state index contributed by atoms with van der Waals surface area (Å²) >= 11 is 7.67. The molecule has 0 bridgehead atoms. The largest absolute Gasteiger partial charge is 0.496 e. The number of aromatic nitrogens is 2. The number of nitrogens with zero attached hydrogens (tertiary/aromatic N) is 3. The molecule has 1 saturated heterocycles. The van der Waals surface area contributed by atoms with Crippen LogP contribution in [0, 0.1) is 24.2 Å². The number of carbonyl (C=O) groups excluding carboxylic acids is 3. The maximum Gasteiger partial charge on any atom is 0.416 e. The number of halogens is 4. The van der Waals surface area contributed by atoms with E-state index < -0.39 is 73.5 Å². The minimum absolute atomic E-state index is 0.0343. The highest BCUT2D eigenvalue weighted by molar-refractivity contribution is 7.91. The van der Waals surface area contributed by atoms with E-state index >= 15 is 4.79 Å². The Balaban J connectivity index is 1.17. The second-order valence-electron chi connectivity index (χ2n) is 18.8. The summed E-state index contributed by atoms with van der Waals surface area (Å²) in [6.45, 7) is 7.56. The number of fused-ring (bicyclic) bond motifs is 3. The second-order valence-corrected chi connectivity index (χ2v) is 22.3. The average molecular weight is 956 g/mol. The maximum absolute atomic E-state index is 15.1. The molecule has 2 saturated carbocycles. The number of nitrogens with one attached hydrogen (secondary N) is 1. The lowest BCUT2D eigenvalue weighted by Gasteiger charge is -2.29. The van der Waals surface area contributed by atoms with E-state index in [1.807, 2.05) is 36.6 Å². The third kappa shape index (κ3) is 9.67. The van der Waals surface area contributed by atoms with Crippen LogP contribution in [-0.2, 0) is 37.0 Å². The standard InChI is InChI=1S/C48H54ClF3N4O7S2/c1-27(2)37-26-64-43(54-37)36-22-41(35-13-14-40(62-5)28(3)42(35)53-36)63-34-21-38-39(57)24-47(45(59)55-65(60,61)46(4)15-16-46)23-31(47)12-10-8-6-7-9-11-30(44(58)56(38)25-34)17-29-18-32(48(50,51)52)20-33(49)19-29/h10,12-14,18-20,22,26-27,30-31,34,38H,6-9,11,15-17,21,23-25H2,1-5H3,(H,55,59)/b12-10-/t30-,31-,34-,38+,47-/m1/s1. The molecular weight excluding hydrogens is 901 g/mol. The molecule has 4 aliphatic rings. The molecule has 348 valence electrons. The van der Waals surface area contributed by atoms with Crippen LogP contribution in [0.5, 0.6) is 11.5 Å². The van der Waals surface area contributed by atoms with Crippen LogP contribution in [0.2, 0.25) is 5.02 Å². The summed E-state index contributed by atoms with van der Waals surface area (Å²) in [6, 6.07) is 7.68. The van der Waals surface area contributed by atoms with E-state index in [2.05, 4.69) is 18.6 Å². The highest BCUT2D eigenvalue weighted by Gasteiger charge is 2.62. The lowest BCUT2D eigenvalue weighted by Crippen LogP contribution is -2.47. The number of pyridine rings is 1. The highest BCUT2D eigenvalue weighted by Crippen LogP contribution is 2.58. The summed E-state index contributed by atoms with van der Waals surface area (Å²) in [7, 11) is -2.44. The Morgan fingerprint density at radius 2 is 1.85 bits per heavy atom. The summed E-state index contributed by atoms with van der Waals surface area (Å²) in [4.78, 5) is 55.4. The lowest BCUT2D eigenvalue weighted by molar-refractivity contribution is -0.142. The summed E-state index contributed by atoms with van der Waals surface area (Å²) < 4.78 is 82.4. The van der Waals surface area contributed by atoms with Gasteiger partial charge in [0, 0.05) is 46.2 Å². The smallest absolute Gasteiger partial charge is 0.416 e. The predicted molar refractivity (Wildman–Crippen MR) is 244 cm³/mol. The zero-order chi connectivity index (χ0) is 46.6. The van der Waals surface area contributed by atoms with Crippen molar-refractivity contribution in [2.75, 3.05) is 13.7 Å². The molecule has 0 unspecified atom stereocenters. The fraction of sp³-hybridized carbons (Fsp3) is 0.521. The van der Waals surface area contributed by atoms with E-state index in [0.717, 1.165) is 36.2 Å². The van der Waals surface area contributed by atoms with Crippen LogP contribution in [0.25, 0.3) is 21.6 Å². The molecule has 4 heterocycles. The molecule has 11 nitrogen and oxygen atoms in total. The van der Waals surface area contributed by atoms with Gasteiger partial charge in [-0.3, -0.25) is 19.1 Å². The van der Waals surface area contributed by atoms with E-state index in [-0.39, 0.29) is 48.7 Å². The van der Waals surface area contributed by atoms with Crippen molar-refractivity contribution >= 4 is 61.5 Å². The molecule has 3 fully saturated rings. The van der Waals surface area contributed by atoms with E-state index in [1.165, 1.54) is 22.3 Å². The first-order valence-electron chi connectivity index (χ1n) is 22.3. The van der Waals surface area contributed by atoms with Gasteiger partial charge in [0.1, 0.15) is 28.3 Å². The average Bonchev–Trinajstić information content (AvgIpc) is 4.02. The van der Waals surface area contributed by atoms with Crippen molar-refractivity contribution in [2.24, 2.45) is 17.3 Å². The minimum atomic E-state index is -4.66. The molecule has 4 aromatic rings. The van der Waals surface area contributed by atoms with Crippen LogP contribution >= 0.6 is 22.9 Å². The van der Waals surface area contributed by atoms with Crippen LogP contribution in [0.15, 0.2) is 53.9 Å². The molecule has 17 heteroatoms. The monoisotopic (exact) mass is 954 g/mol. The van der Waals surface area contributed by atoms with Gasteiger partial charge in [-0.1, -0.05) is 50.4 Å². The van der Waals surface area contributed by atoms with Crippen molar-refractivity contribution in [3.63, 3.8) is 0 Å². The van der Waals surface area contributed by atoms with Crippen molar-refractivity contribution in [1.82, 2.24) is 19.6 Å². The van der Waals surface area contributed by atoms with Crippen molar-refractivity contribution < 1.29 is 45.4 Å². The zero-order valence-electron chi connectivity index (χ0n) is 37.1. The van der Waals surface area contributed by atoms with Crippen molar-refractivity contribution in [3.05, 3.63) is 81.3 Å². The Labute approximate surface area is 386 Å². The van der Waals surface area contributed by atoms with Gasteiger partial charge >= 0.3 is 6.18 Å². The number of aryl methyl sites for hydroxylation is 1. The third-order valence-electron chi connectivity index (χ3n) is 13.7. The molecular formula is C48H54ClF3N4O7S2. The second kappa shape index (κ2) is 17.9. The summed E-state index contributed by atoms with van der Waals surface area (Å²) in [5.41, 5.74) is 0.844. The summed E-state index contributed by atoms with van der Waals surface area (Å²) in [5, 5.41) is 3.23. The van der Waals surface area contributed by atoms with Gasteiger partial charge in [0.25, 0.3) is 0 Å². The SMILES string of the molecule is COc1ccc2c(O[C@@H]3C[C@H]4C(=O)C[C@]5(C(=O)NS(=O)(=O)C6(C)CC6)C[C@H]5/C=C\CCCCC[C@H](Cc5cc(Cl)cc(C(F)(F)F)c5)C(=O)N4C3)cc(-c3nc(C(C)C)cs3)nc2c1C. The first-order valence-corrected chi connectivity index (χ1v) is 25.0. The molecule has 65 heavy (non-hydrogen) atoms. The number of methoxy groups -OCH3 is 1. The molecule has 0 spiro atoms. The predicted octanol–water partition coefficient (Wildman–Crippen LogP) is 10.2. The van der Waals surface area contributed by atoms with Crippen molar-refractivity contribution in [1.29, 1.82) is 0 Å². The molecule has 1 N–H and O–H groups in total. The number of allylic oxidation sites excluding steroid dienone is 2. The number of carbonyl (C=O) groups is 3. The number of amides is 2. The summed E-state index contributed by atoms with van der Waals surface area (Å²) in [6.07, 6.45) is 2.30. The van der Waals surface area contributed by atoms with Crippen LogP contribution in [0.3, 0.4) is 0 Å². The number of thiazole rings is 1. The molecule has 5 atom stereocenters. The van der Waals surface area contributed by atoms with Gasteiger partial charge in [-0.25, -0.2) is 18.4 Å². The van der Waals surface area contributed by atoms with Gasteiger partial charge in [-0.2, -0.15) is 13.2 Å². The third-order valence-corrected chi connectivity index (χ3v) is 17.0. The number of rotatable bonds is 10. The van der Waals surface area contributed by atoms with E-state index in [9.17, 15) is 31.2 Å². The van der Waals surface area contributed by atoms with Gasteiger partial charge in [-0.05, 0) is 107 Å². The fourth-order valence-corrected chi connectivity index (χ4v) is 11.8. The van der Waals surface area contributed by atoms with Crippen LogP contribution in [0.4, 0.5) is 13.2 Å². The number of hydrogen-bond acceptors (Lipinski definition) is 10. The van der Waals surface area contributed by atoms with Crippen LogP contribution in [0.1, 0.15) is 113 Å². The van der Waals surface area contributed by atoms with Crippen molar-refractivity contribution in [2.45, 2.75) is 127 Å². The maximum atomic E-state index is 15.1. The Morgan fingerprint density at radius 3 is 2.54 bits per heavy atom. The Hall–Kier alpha value is -4.54. The number of benzene rings is 2. The van der Waals surface area contributed by atoms with Gasteiger partial charge in [0.15, 0.2) is 5.78 Å². The number of Topliss-reactive ketones (excluding diaryl/α,β-unsaturated/α-hetero) is 1.